The maximum atomic E-state index is 12.6. The van der Waals surface area contributed by atoms with Gasteiger partial charge in [0.2, 0.25) is 10.0 Å². The van der Waals surface area contributed by atoms with E-state index in [-0.39, 0.29) is 23.7 Å². The Morgan fingerprint density at radius 2 is 2.00 bits per heavy atom. The molecule has 116 valence electrons. The molecule has 1 aromatic carbocycles. The van der Waals surface area contributed by atoms with Crippen LogP contribution in [-0.2, 0) is 23.0 Å². The second-order valence-corrected chi connectivity index (χ2v) is 7.25. The number of sulfonamides is 1. The van der Waals surface area contributed by atoms with Crippen LogP contribution in [0.25, 0.3) is 0 Å². The Balaban J connectivity index is 1.95. The van der Waals surface area contributed by atoms with Crippen molar-refractivity contribution in [1.29, 1.82) is 0 Å². The van der Waals surface area contributed by atoms with Crippen molar-refractivity contribution in [3.8, 4) is 0 Å². The number of carboxylic acids is 1. The molecule has 9 heteroatoms. The summed E-state index contributed by atoms with van der Waals surface area (Å²) in [5.41, 5.74) is 0.947. The van der Waals surface area contributed by atoms with Gasteiger partial charge in [0.15, 0.2) is 5.69 Å². The lowest BCUT2D eigenvalue weighted by Crippen LogP contribution is -2.36. The van der Waals surface area contributed by atoms with Crippen LogP contribution in [0.4, 0.5) is 0 Å². The van der Waals surface area contributed by atoms with Crippen molar-refractivity contribution in [2.45, 2.75) is 17.9 Å². The minimum absolute atomic E-state index is 0.0154. The number of benzene rings is 1. The van der Waals surface area contributed by atoms with Crippen LogP contribution >= 0.6 is 11.6 Å². The largest absolute Gasteiger partial charge is 0.476 e. The monoisotopic (exact) mass is 341 g/mol. The number of carboxylic acid groups (broad SMARTS) is 1. The van der Waals surface area contributed by atoms with Crippen molar-refractivity contribution < 1.29 is 18.3 Å². The first kappa shape index (κ1) is 15.0. The molecule has 0 fully saturated rings. The van der Waals surface area contributed by atoms with Gasteiger partial charge in [-0.1, -0.05) is 11.6 Å². The van der Waals surface area contributed by atoms with Crippen LogP contribution in [0.3, 0.4) is 0 Å². The molecule has 22 heavy (non-hydrogen) atoms. The number of H-pyrrole nitrogens is 1. The van der Waals surface area contributed by atoms with E-state index in [2.05, 4.69) is 10.2 Å². The summed E-state index contributed by atoms with van der Waals surface area (Å²) in [5.74, 6) is -1.18. The maximum absolute atomic E-state index is 12.6. The number of carbonyl (C=O) groups is 1. The van der Waals surface area contributed by atoms with Gasteiger partial charge in [0.1, 0.15) is 0 Å². The van der Waals surface area contributed by atoms with E-state index in [1.54, 1.807) is 0 Å². The van der Waals surface area contributed by atoms with Crippen LogP contribution < -0.4 is 0 Å². The number of hydrogen-bond acceptors (Lipinski definition) is 4. The molecule has 0 bridgehead atoms. The van der Waals surface area contributed by atoms with Crippen LogP contribution in [-0.4, -0.2) is 40.5 Å². The second-order valence-electron chi connectivity index (χ2n) is 4.88. The molecule has 2 aromatic rings. The fourth-order valence-corrected chi connectivity index (χ4v) is 3.94. The number of aromatic nitrogens is 2. The van der Waals surface area contributed by atoms with E-state index in [1.807, 2.05) is 0 Å². The van der Waals surface area contributed by atoms with Gasteiger partial charge in [-0.25, -0.2) is 13.2 Å². The smallest absolute Gasteiger partial charge is 0.356 e. The molecular formula is C13H12ClN3O4S. The third kappa shape index (κ3) is 2.49. The number of hydrogen-bond donors (Lipinski definition) is 2. The van der Waals surface area contributed by atoms with E-state index in [0.717, 1.165) is 0 Å². The molecule has 1 aliphatic rings. The van der Waals surface area contributed by atoms with Gasteiger partial charge in [-0.3, -0.25) is 5.10 Å². The van der Waals surface area contributed by atoms with Gasteiger partial charge in [0, 0.05) is 35.8 Å². The zero-order chi connectivity index (χ0) is 15.9. The summed E-state index contributed by atoms with van der Waals surface area (Å²) in [4.78, 5) is 11.3. The summed E-state index contributed by atoms with van der Waals surface area (Å²) < 4.78 is 26.5. The lowest BCUT2D eigenvalue weighted by molar-refractivity contribution is 0.0688. The van der Waals surface area contributed by atoms with Gasteiger partial charge in [-0.15, -0.1) is 0 Å². The molecule has 0 atom stereocenters. The molecule has 7 nitrogen and oxygen atoms in total. The SMILES string of the molecule is O=C(O)c1n[nH]c2c1CN(S(=O)(=O)c1ccc(Cl)cc1)CC2. The van der Waals surface area contributed by atoms with E-state index in [0.29, 0.717) is 22.7 Å². The van der Waals surface area contributed by atoms with Crippen molar-refractivity contribution in [1.82, 2.24) is 14.5 Å². The molecule has 2 heterocycles. The summed E-state index contributed by atoms with van der Waals surface area (Å²) in [6.45, 7) is 0.248. The fraction of sp³-hybridized carbons (Fsp3) is 0.231. The Hall–Kier alpha value is -1.90. The Morgan fingerprint density at radius 3 is 2.64 bits per heavy atom. The highest BCUT2D eigenvalue weighted by Crippen LogP contribution is 2.26. The molecular weight excluding hydrogens is 330 g/mol. The lowest BCUT2D eigenvalue weighted by Gasteiger charge is -2.26. The number of halogens is 1. The first-order valence-electron chi connectivity index (χ1n) is 6.44. The molecule has 1 aromatic heterocycles. The van der Waals surface area contributed by atoms with Crippen LogP contribution in [0.2, 0.25) is 5.02 Å². The van der Waals surface area contributed by atoms with Crippen molar-refractivity contribution >= 4 is 27.6 Å². The average Bonchev–Trinajstić information content (AvgIpc) is 2.90. The predicted octanol–water partition coefficient (Wildman–Crippen LogP) is 1.51. The number of aromatic amines is 1. The first-order chi connectivity index (χ1) is 10.4. The average molecular weight is 342 g/mol. The zero-order valence-corrected chi connectivity index (χ0v) is 12.9. The number of fused-ring (bicyclic) bond motifs is 1. The quantitative estimate of drug-likeness (QED) is 0.880. The van der Waals surface area contributed by atoms with Gasteiger partial charge in [-0.2, -0.15) is 9.40 Å². The second kappa shape index (κ2) is 5.38. The molecule has 0 unspecified atom stereocenters. The summed E-state index contributed by atoms with van der Waals surface area (Å²) in [6, 6.07) is 5.87. The molecule has 0 radical (unpaired) electrons. The van der Waals surface area contributed by atoms with E-state index in [4.69, 9.17) is 16.7 Å². The van der Waals surface area contributed by atoms with Gasteiger partial charge < -0.3 is 5.11 Å². The van der Waals surface area contributed by atoms with Crippen molar-refractivity contribution in [3.63, 3.8) is 0 Å². The Morgan fingerprint density at radius 1 is 1.32 bits per heavy atom. The number of nitrogens with zero attached hydrogens (tertiary/aromatic N) is 2. The van der Waals surface area contributed by atoms with Gasteiger partial charge in [0.25, 0.3) is 0 Å². The molecule has 0 spiro atoms. The highest BCUT2D eigenvalue weighted by atomic mass is 35.5. The summed E-state index contributed by atoms with van der Waals surface area (Å²) in [7, 11) is -3.70. The van der Waals surface area contributed by atoms with Gasteiger partial charge >= 0.3 is 5.97 Å². The van der Waals surface area contributed by atoms with Crippen LogP contribution in [0.15, 0.2) is 29.2 Å². The Bertz CT molecular complexity index is 829. The zero-order valence-electron chi connectivity index (χ0n) is 11.3. The molecule has 2 N–H and O–H groups in total. The third-order valence-corrected chi connectivity index (χ3v) is 5.66. The first-order valence-corrected chi connectivity index (χ1v) is 8.26. The standard InChI is InChI=1S/C13H12ClN3O4S/c14-8-1-3-9(4-2-8)22(20,21)17-6-5-11-10(7-17)12(13(18)19)16-15-11/h1-4H,5-7H2,(H,15,16)(H,18,19). The predicted molar refractivity (Wildman–Crippen MR) is 78.3 cm³/mol. The van der Waals surface area contributed by atoms with Crippen LogP contribution in [0.5, 0.6) is 0 Å². The minimum Gasteiger partial charge on any atom is -0.476 e. The summed E-state index contributed by atoms with van der Waals surface area (Å²) in [5, 5.41) is 15.9. The van der Waals surface area contributed by atoms with Crippen LogP contribution in [0, 0.1) is 0 Å². The van der Waals surface area contributed by atoms with E-state index in [1.165, 1.54) is 28.6 Å². The topological polar surface area (TPSA) is 103 Å². The normalized spacial score (nSPS) is 15.5. The highest BCUT2D eigenvalue weighted by molar-refractivity contribution is 7.89. The molecule has 0 saturated carbocycles. The third-order valence-electron chi connectivity index (χ3n) is 3.55. The number of aromatic carboxylic acids is 1. The van der Waals surface area contributed by atoms with E-state index in [9.17, 15) is 13.2 Å². The molecule has 0 amide bonds. The lowest BCUT2D eigenvalue weighted by atomic mass is 10.1. The van der Waals surface area contributed by atoms with Crippen molar-refractivity contribution in [3.05, 3.63) is 46.2 Å². The molecule has 1 aliphatic heterocycles. The molecule has 3 rings (SSSR count). The summed E-state index contributed by atoms with van der Waals surface area (Å²) in [6.07, 6.45) is 0.391. The molecule has 0 saturated heterocycles. The fourth-order valence-electron chi connectivity index (χ4n) is 2.41. The van der Waals surface area contributed by atoms with Gasteiger partial charge in [0.05, 0.1) is 4.90 Å². The van der Waals surface area contributed by atoms with Gasteiger partial charge in [-0.05, 0) is 24.3 Å². The van der Waals surface area contributed by atoms with E-state index < -0.39 is 16.0 Å². The Kier molecular flexibility index (Phi) is 3.67. The van der Waals surface area contributed by atoms with E-state index >= 15 is 0 Å². The summed E-state index contributed by atoms with van der Waals surface area (Å²) >= 11 is 5.77. The Labute approximate surface area is 131 Å². The molecule has 0 aliphatic carbocycles. The number of rotatable bonds is 3. The van der Waals surface area contributed by atoms with Crippen molar-refractivity contribution in [2.75, 3.05) is 6.54 Å². The van der Waals surface area contributed by atoms with Crippen LogP contribution in [0.1, 0.15) is 21.7 Å². The highest BCUT2D eigenvalue weighted by Gasteiger charge is 2.32. The number of nitrogens with one attached hydrogen (secondary N) is 1. The maximum Gasteiger partial charge on any atom is 0.356 e. The minimum atomic E-state index is -3.70. The van der Waals surface area contributed by atoms with Crippen molar-refractivity contribution in [2.24, 2.45) is 0 Å².